The first kappa shape index (κ1) is 21.4. The Bertz CT molecular complexity index is 1550. The molecule has 0 radical (unpaired) electrons. The van der Waals surface area contributed by atoms with Gasteiger partial charge in [0.2, 0.25) is 0 Å². The lowest BCUT2D eigenvalue weighted by molar-refractivity contribution is 0.103. The maximum Gasteiger partial charge on any atom is 0.412 e. The van der Waals surface area contributed by atoms with Crippen LogP contribution in [-0.4, -0.2) is 39.5 Å². The average molecular weight is 487 g/mol. The number of anilines is 3. The molecular formula is C25H22N6O3S. The molecule has 1 unspecified atom stereocenters. The number of aromatic amines is 1. The molecule has 35 heavy (non-hydrogen) atoms. The van der Waals surface area contributed by atoms with Crippen LogP contribution >= 0.6 is 11.3 Å². The van der Waals surface area contributed by atoms with Gasteiger partial charge in [-0.1, -0.05) is 12.1 Å². The number of ether oxygens (including phenoxy) is 2. The minimum Gasteiger partial charge on any atom is -0.495 e. The molecule has 0 fully saturated rings. The zero-order valence-corrected chi connectivity index (χ0v) is 19.7. The summed E-state index contributed by atoms with van der Waals surface area (Å²) in [4.78, 5) is 23.7. The number of nitrogens with zero attached hydrogens (tertiary/aromatic N) is 3. The summed E-state index contributed by atoms with van der Waals surface area (Å²) in [6, 6.07) is 13.3. The topological polar surface area (TPSA) is 114 Å². The summed E-state index contributed by atoms with van der Waals surface area (Å²) in [5.74, 6) is 1.37. The lowest BCUT2D eigenvalue weighted by Crippen LogP contribution is -2.27. The number of thiophene rings is 1. The number of carbonyl (C=O) groups is 1. The molecule has 0 aliphatic heterocycles. The van der Waals surface area contributed by atoms with Crippen molar-refractivity contribution in [2.45, 2.75) is 25.4 Å². The Balaban J connectivity index is 1.20. The van der Waals surface area contributed by atoms with Crippen LogP contribution in [0.1, 0.15) is 16.9 Å². The number of hydrogen-bond acceptors (Lipinski definition) is 8. The number of rotatable bonds is 5. The first-order chi connectivity index (χ1) is 17.2. The maximum absolute atomic E-state index is 12.5. The summed E-state index contributed by atoms with van der Waals surface area (Å²) >= 11 is 1.63. The van der Waals surface area contributed by atoms with Gasteiger partial charge in [-0.15, -0.1) is 11.3 Å². The van der Waals surface area contributed by atoms with E-state index in [0.717, 1.165) is 45.5 Å². The first-order valence-electron chi connectivity index (χ1n) is 11.2. The Morgan fingerprint density at radius 3 is 3.03 bits per heavy atom. The number of amides is 1. The summed E-state index contributed by atoms with van der Waals surface area (Å²) in [6.07, 6.45) is 4.85. The largest absolute Gasteiger partial charge is 0.495 e. The molecule has 10 heteroatoms. The van der Waals surface area contributed by atoms with Crippen molar-refractivity contribution in [3.05, 3.63) is 65.4 Å². The summed E-state index contributed by atoms with van der Waals surface area (Å²) in [6.45, 7) is 0. The van der Waals surface area contributed by atoms with Crippen LogP contribution in [-0.2, 0) is 17.6 Å². The number of fused-ring (bicyclic) bond motifs is 4. The van der Waals surface area contributed by atoms with Gasteiger partial charge >= 0.3 is 6.09 Å². The van der Waals surface area contributed by atoms with Crippen molar-refractivity contribution in [2.75, 3.05) is 17.7 Å². The second-order valence-corrected chi connectivity index (χ2v) is 9.38. The molecule has 176 valence electrons. The van der Waals surface area contributed by atoms with E-state index in [0.29, 0.717) is 17.9 Å². The summed E-state index contributed by atoms with van der Waals surface area (Å²) in [5, 5.41) is 15.4. The fraction of sp³-hybridized carbons (Fsp3) is 0.200. The highest BCUT2D eigenvalue weighted by Crippen LogP contribution is 2.39. The van der Waals surface area contributed by atoms with Crippen molar-refractivity contribution in [2.24, 2.45) is 0 Å². The van der Waals surface area contributed by atoms with E-state index in [1.807, 2.05) is 30.3 Å². The quantitative estimate of drug-likeness (QED) is 0.304. The van der Waals surface area contributed by atoms with Crippen LogP contribution in [0.15, 0.2) is 55.0 Å². The third-order valence-electron chi connectivity index (χ3n) is 6.12. The Morgan fingerprint density at radius 2 is 2.11 bits per heavy atom. The van der Waals surface area contributed by atoms with Gasteiger partial charge in [-0.05, 0) is 48.7 Å². The maximum atomic E-state index is 12.5. The molecule has 1 atom stereocenters. The van der Waals surface area contributed by atoms with E-state index < -0.39 is 6.09 Å². The Morgan fingerprint density at radius 1 is 1.20 bits per heavy atom. The van der Waals surface area contributed by atoms with Gasteiger partial charge in [0.25, 0.3) is 0 Å². The molecule has 0 spiro atoms. The zero-order valence-electron chi connectivity index (χ0n) is 18.9. The highest BCUT2D eigenvalue weighted by atomic mass is 32.1. The van der Waals surface area contributed by atoms with Gasteiger partial charge in [-0.25, -0.2) is 14.8 Å². The number of methoxy groups -OCH3 is 1. The molecule has 5 aromatic rings. The van der Waals surface area contributed by atoms with Gasteiger partial charge in [-0.2, -0.15) is 5.10 Å². The smallest absolute Gasteiger partial charge is 0.412 e. The molecule has 3 N–H and O–H groups in total. The minimum absolute atomic E-state index is 0.210. The SMILES string of the molecule is COc1ccccc1NC(=O)OC1CCc2c(sc3ncnc(Nc4ccc5[nH]ncc5c4)c23)C1. The van der Waals surface area contributed by atoms with Crippen molar-refractivity contribution in [3.8, 4) is 5.75 Å². The number of hydrogen-bond donors (Lipinski definition) is 3. The molecular weight excluding hydrogens is 464 g/mol. The Kier molecular flexibility index (Phi) is 5.42. The number of carbonyl (C=O) groups excluding carboxylic acids is 1. The fourth-order valence-electron chi connectivity index (χ4n) is 4.47. The van der Waals surface area contributed by atoms with Crippen LogP contribution in [0.5, 0.6) is 5.75 Å². The number of aromatic nitrogens is 4. The lowest BCUT2D eigenvalue weighted by Gasteiger charge is -2.23. The van der Waals surface area contributed by atoms with E-state index in [9.17, 15) is 4.79 Å². The van der Waals surface area contributed by atoms with Crippen LogP contribution in [0.4, 0.5) is 22.0 Å². The number of benzene rings is 2. The third-order valence-corrected chi connectivity index (χ3v) is 7.28. The van der Waals surface area contributed by atoms with Crippen molar-refractivity contribution in [1.29, 1.82) is 0 Å². The van der Waals surface area contributed by atoms with E-state index in [-0.39, 0.29) is 6.10 Å². The monoisotopic (exact) mass is 486 g/mol. The van der Waals surface area contributed by atoms with Gasteiger partial charge in [0.05, 0.1) is 29.9 Å². The Hall–Kier alpha value is -4.18. The highest BCUT2D eigenvalue weighted by Gasteiger charge is 2.27. The number of aryl methyl sites for hydroxylation is 1. The van der Waals surface area contributed by atoms with E-state index in [1.165, 1.54) is 10.4 Å². The predicted octanol–water partition coefficient (Wildman–Crippen LogP) is 5.43. The third kappa shape index (κ3) is 4.12. The number of nitrogens with one attached hydrogen (secondary N) is 3. The molecule has 6 rings (SSSR count). The highest BCUT2D eigenvalue weighted by molar-refractivity contribution is 7.19. The van der Waals surface area contributed by atoms with Crippen LogP contribution < -0.4 is 15.4 Å². The van der Waals surface area contributed by atoms with Gasteiger partial charge in [-0.3, -0.25) is 10.4 Å². The van der Waals surface area contributed by atoms with E-state index in [1.54, 1.807) is 43.1 Å². The van der Waals surface area contributed by atoms with Crippen LogP contribution in [0, 0.1) is 0 Å². The summed E-state index contributed by atoms with van der Waals surface area (Å²) < 4.78 is 11.0. The number of H-pyrrole nitrogens is 1. The predicted molar refractivity (Wildman–Crippen MR) is 136 cm³/mol. The van der Waals surface area contributed by atoms with Crippen LogP contribution in [0.2, 0.25) is 0 Å². The van der Waals surface area contributed by atoms with Gasteiger partial charge in [0, 0.05) is 22.4 Å². The molecule has 0 saturated carbocycles. The molecule has 1 aliphatic carbocycles. The molecule has 3 heterocycles. The standard InChI is InChI=1S/C25H22N6O3S/c1-33-20-5-3-2-4-19(20)30-25(32)34-16-7-8-17-21(11-16)35-24-22(17)23(26-13-27-24)29-15-6-9-18-14(10-15)12-28-31-18/h2-6,9-10,12-13,16H,7-8,11H2,1H3,(H,28,31)(H,30,32)(H,26,27,29). The minimum atomic E-state index is -0.485. The average Bonchev–Trinajstić information content (AvgIpc) is 3.48. The zero-order chi connectivity index (χ0) is 23.8. The molecule has 3 aromatic heterocycles. The van der Waals surface area contributed by atoms with E-state index in [4.69, 9.17) is 9.47 Å². The summed E-state index contributed by atoms with van der Waals surface area (Å²) in [5.41, 5.74) is 3.72. The van der Waals surface area contributed by atoms with E-state index >= 15 is 0 Å². The molecule has 1 aliphatic rings. The second-order valence-electron chi connectivity index (χ2n) is 8.30. The Labute approximate surface area is 204 Å². The van der Waals surface area contributed by atoms with Crippen molar-refractivity contribution < 1.29 is 14.3 Å². The van der Waals surface area contributed by atoms with Crippen molar-refractivity contribution in [1.82, 2.24) is 20.2 Å². The van der Waals surface area contributed by atoms with Crippen molar-refractivity contribution >= 4 is 55.7 Å². The molecule has 2 aromatic carbocycles. The fourth-order valence-corrected chi connectivity index (χ4v) is 5.72. The van der Waals surface area contributed by atoms with Crippen molar-refractivity contribution in [3.63, 3.8) is 0 Å². The lowest BCUT2D eigenvalue weighted by atomic mass is 9.94. The van der Waals surface area contributed by atoms with Gasteiger partial charge in [0.1, 0.15) is 28.8 Å². The molecule has 9 nitrogen and oxygen atoms in total. The second kappa shape index (κ2) is 8.88. The molecule has 1 amide bonds. The van der Waals surface area contributed by atoms with Gasteiger partial charge < -0.3 is 14.8 Å². The summed E-state index contributed by atoms with van der Waals surface area (Å²) in [7, 11) is 1.57. The molecule has 0 saturated heterocycles. The van der Waals surface area contributed by atoms with Crippen LogP contribution in [0.25, 0.3) is 21.1 Å². The van der Waals surface area contributed by atoms with E-state index in [2.05, 4.69) is 30.8 Å². The normalized spacial score (nSPS) is 15.1. The van der Waals surface area contributed by atoms with Crippen LogP contribution in [0.3, 0.4) is 0 Å². The van der Waals surface area contributed by atoms with Gasteiger partial charge in [0.15, 0.2) is 0 Å². The number of para-hydroxylation sites is 2. The first-order valence-corrected chi connectivity index (χ1v) is 12.1. The molecule has 0 bridgehead atoms.